The SMILES string of the molecule is CC(N)c1ccccc1.O=C(O)C(Cl)Cl. The monoisotopic (exact) mass is 249 g/mol. The number of alkyl halides is 2. The van der Waals surface area contributed by atoms with Gasteiger partial charge in [0.05, 0.1) is 0 Å². The van der Waals surface area contributed by atoms with Crippen molar-refractivity contribution in [2.75, 3.05) is 0 Å². The molecule has 0 radical (unpaired) electrons. The molecule has 1 aromatic rings. The summed E-state index contributed by atoms with van der Waals surface area (Å²) in [6, 6.07) is 10.2. The summed E-state index contributed by atoms with van der Waals surface area (Å²) in [5, 5.41) is 7.73. The van der Waals surface area contributed by atoms with Crippen molar-refractivity contribution in [3.05, 3.63) is 35.9 Å². The van der Waals surface area contributed by atoms with Crippen LogP contribution < -0.4 is 5.73 Å². The van der Waals surface area contributed by atoms with Gasteiger partial charge in [-0.15, -0.1) is 0 Å². The Morgan fingerprint density at radius 1 is 1.33 bits per heavy atom. The molecule has 0 aliphatic heterocycles. The molecule has 5 heteroatoms. The third kappa shape index (κ3) is 7.19. The van der Waals surface area contributed by atoms with Crippen LogP contribution in [0.3, 0.4) is 0 Å². The van der Waals surface area contributed by atoms with E-state index in [0.29, 0.717) is 0 Å². The van der Waals surface area contributed by atoms with E-state index in [1.807, 2.05) is 37.3 Å². The average Bonchev–Trinajstić information content (AvgIpc) is 2.20. The Hall–Kier alpha value is -0.770. The Morgan fingerprint density at radius 2 is 1.73 bits per heavy atom. The highest BCUT2D eigenvalue weighted by Gasteiger charge is 2.05. The van der Waals surface area contributed by atoms with Crippen molar-refractivity contribution in [2.24, 2.45) is 5.73 Å². The molecule has 3 N–H and O–H groups in total. The second-order valence-electron chi connectivity index (χ2n) is 2.84. The molecule has 1 atom stereocenters. The van der Waals surface area contributed by atoms with Crippen molar-refractivity contribution in [1.82, 2.24) is 0 Å². The minimum atomic E-state index is -1.29. The number of hydrogen-bond donors (Lipinski definition) is 2. The summed E-state index contributed by atoms with van der Waals surface area (Å²) < 4.78 is 0. The molecule has 0 aromatic heterocycles. The van der Waals surface area contributed by atoms with Gasteiger partial charge in [0.1, 0.15) is 0 Å². The maximum absolute atomic E-state index is 9.44. The van der Waals surface area contributed by atoms with Crippen molar-refractivity contribution < 1.29 is 9.90 Å². The molecule has 1 unspecified atom stereocenters. The molecule has 0 saturated heterocycles. The number of benzene rings is 1. The molecule has 0 amide bonds. The number of carbonyl (C=O) groups is 1. The lowest BCUT2D eigenvalue weighted by Gasteiger charge is -2.02. The molecule has 0 saturated carbocycles. The second-order valence-corrected chi connectivity index (χ2v) is 3.93. The maximum Gasteiger partial charge on any atom is 0.337 e. The molecule has 0 fully saturated rings. The van der Waals surface area contributed by atoms with Crippen LogP contribution >= 0.6 is 23.2 Å². The van der Waals surface area contributed by atoms with Crippen LogP contribution in [0.15, 0.2) is 30.3 Å². The molecule has 0 aliphatic rings. The zero-order chi connectivity index (χ0) is 11.8. The first-order valence-electron chi connectivity index (χ1n) is 4.26. The van der Waals surface area contributed by atoms with Crippen LogP contribution in [0.25, 0.3) is 0 Å². The van der Waals surface area contributed by atoms with Crippen LogP contribution in [-0.4, -0.2) is 15.9 Å². The zero-order valence-corrected chi connectivity index (χ0v) is 9.74. The highest BCUT2D eigenvalue weighted by atomic mass is 35.5. The van der Waals surface area contributed by atoms with Gasteiger partial charge in [-0.05, 0) is 12.5 Å². The minimum absolute atomic E-state index is 0.159. The molecule has 0 spiro atoms. The van der Waals surface area contributed by atoms with E-state index in [2.05, 4.69) is 0 Å². The van der Waals surface area contributed by atoms with E-state index in [0.717, 1.165) is 0 Å². The van der Waals surface area contributed by atoms with Gasteiger partial charge in [0.15, 0.2) is 0 Å². The van der Waals surface area contributed by atoms with E-state index < -0.39 is 10.8 Å². The molecule has 1 rings (SSSR count). The first-order chi connectivity index (χ1) is 6.95. The predicted molar refractivity (Wildman–Crippen MR) is 62.2 cm³/mol. The van der Waals surface area contributed by atoms with Gasteiger partial charge in [0, 0.05) is 6.04 Å². The van der Waals surface area contributed by atoms with Crippen LogP contribution in [0.5, 0.6) is 0 Å². The van der Waals surface area contributed by atoms with Crippen molar-refractivity contribution in [3.8, 4) is 0 Å². The predicted octanol–water partition coefficient (Wildman–Crippen LogP) is 2.58. The van der Waals surface area contributed by atoms with Gasteiger partial charge < -0.3 is 10.8 Å². The van der Waals surface area contributed by atoms with Crippen molar-refractivity contribution in [2.45, 2.75) is 17.8 Å². The van der Waals surface area contributed by atoms with Crippen LogP contribution in [-0.2, 0) is 4.79 Å². The second kappa shape index (κ2) is 7.51. The molecule has 84 valence electrons. The van der Waals surface area contributed by atoms with Gasteiger partial charge in [-0.1, -0.05) is 53.5 Å². The largest absolute Gasteiger partial charge is 0.479 e. The topological polar surface area (TPSA) is 63.3 Å². The lowest BCUT2D eigenvalue weighted by molar-refractivity contribution is -0.135. The number of hydrogen-bond acceptors (Lipinski definition) is 2. The van der Waals surface area contributed by atoms with Crippen LogP contribution in [0.4, 0.5) is 0 Å². The molecule has 3 nitrogen and oxygen atoms in total. The van der Waals surface area contributed by atoms with Crippen LogP contribution in [0, 0.1) is 0 Å². The quantitative estimate of drug-likeness (QED) is 0.793. The number of carboxylic acids is 1. The van der Waals surface area contributed by atoms with E-state index in [4.69, 9.17) is 34.0 Å². The van der Waals surface area contributed by atoms with E-state index in [1.54, 1.807) is 0 Å². The van der Waals surface area contributed by atoms with Gasteiger partial charge in [-0.2, -0.15) is 0 Å². The first-order valence-corrected chi connectivity index (χ1v) is 5.14. The van der Waals surface area contributed by atoms with Crippen LogP contribution in [0.2, 0.25) is 0 Å². The van der Waals surface area contributed by atoms with Gasteiger partial charge in [-0.25, -0.2) is 4.79 Å². The van der Waals surface area contributed by atoms with Crippen molar-refractivity contribution in [1.29, 1.82) is 0 Å². The standard InChI is InChI=1S/C8H11N.C2H2Cl2O2/c1-7(9)8-5-3-2-4-6-8;3-1(4)2(5)6/h2-7H,9H2,1H3;1H,(H,5,6). The molecule has 0 bridgehead atoms. The summed E-state index contributed by atoms with van der Waals surface area (Å²) in [5.74, 6) is -1.21. The number of halogens is 2. The highest BCUT2D eigenvalue weighted by molar-refractivity contribution is 6.52. The molecule has 0 aliphatic carbocycles. The molecular formula is C10H13Cl2NO2. The Balaban J connectivity index is 0.000000288. The van der Waals surface area contributed by atoms with Crippen molar-refractivity contribution in [3.63, 3.8) is 0 Å². The van der Waals surface area contributed by atoms with Gasteiger partial charge in [0.25, 0.3) is 0 Å². The number of nitrogens with two attached hydrogens (primary N) is 1. The number of aliphatic carboxylic acids is 1. The van der Waals surface area contributed by atoms with E-state index in [9.17, 15) is 4.79 Å². The fourth-order valence-corrected chi connectivity index (χ4v) is 0.757. The average molecular weight is 250 g/mol. The molecular weight excluding hydrogens is 237 g/mol. The Labute approximate surface area is 98.8 Å². The van der Waals surface area contributed by atoms with Crippen LogP contribution in [0.1, 0.15) is 18.5 Å². The Morgan fingerprint density at radius 3 is 1.93 bits per heavy atom. The van der Waals surface area contributed by atoms with Gasteiger partial charge >= 0.3 is 5.97 Å². The normalized spacial score (nSPS) is 11.5. The Bertz CT molecular complexity index is 289. The van der Waals surface area contributed by atoms with E-state index >= 15 is 0 Å². The van der Waals surface area contributed by atoms with E-state index in [1.165, 1.54) is 5.56 Å². The summed E-state index contributed by atoms with van der Waals surface area (Å²) in [4.78, 5) is 8.15. The fraction of sp³-hybridized carbons (Fsp3) is 0.300. The zero-order valence-electron chi connectivity index (χ0n) is 8.23. The summed E-state index contributed by atoms with van der Waals surface area (Å²) in [5.41, 5.74) is 6.81. The summed E-state index contributed by atoms with van der Waals surface area (Å²) in [6.07, 6.45) is 0. The third-order valence-electron chi connectivity index (χ3n) is 1.51. The fourth-order valence-electron chi connectivity index (χ4n) is 0.757. The first kappa shape index (κ1) is 14.2. The minimum Gasteiger partial charge on any atom is -0.479 e. The lowest BCUT2D eigenvalue weighted by atomic mass is 10.1. The maximum atomic E-state index is 9.44. The lowest BCUT2D eigenvalue weighted by Crippen LogP contribution is -2.03. The number of carboxylic acid groups (broad SMARTS) is 1. The Kier molecular flexibility index (Phi) is 7.13. The van der Waals surface area contributed by atoms with Gasteiger partial charge in [-0.3, -0.25) is 0 Å². The summed E-state index contributed by atoms with van der Waals surface area (Å²) in [6.45, 7) is 1.98. The molecule has 0 heterocycles. The van der Waals surface area contributed by atoms with E-state index in [-0.39, 0.29) is 6.04 Å². The molecule has 15 heavy (non-hydrogen) atoms. The van der Waals surface area contributed by atoms with Gasteiger partial charge in [0.2, 0.25) is 4.84 Å². The van der Waals surface area contributed by atoms with Crippen molar-refractivity contribution >= 4 is 29.2 Å². The summed E-state index contributed by atoms with van der Waals surface area (Å²) >= 11 is 9.56. The smallest absolute Gasteiger partial charge is 0.337 e. The number of rotatable bonds is 2. The summed E-state index contributed by atoms with van der Waals surface area (Å²) in [7, 11) is 0. The molecule has 1 aromatic carbocycles. The highest BCUT2D eigenvalue weighted by Crippen LogP contribution is 2.06. The third-order valence-corrected chi connectivity index (χ3v) is 1.89.